The third kappa shape index (κ3) is 2.94. The molecule has 2 heterocycles. The summed E-state index contributed by atoms with van der Waals surface area (Å²) in [5.74, 6) is 0.470. The molecular formula is C13H17ClN2O2. The van der Waals surface area contributed by atoms with Gasteiger partial charge in [-0.25, -0.2) is 0 Å². The SMILES string of the molecule is CCC(C)n1ccc(CC(O)c2ccc(Cl)o2)n1. The summed E-state index contributed by atoms with van der Waals surface area (Å²) >= 11 is 5.67. The molecule has 2 unspecified atom stereocenters. The van der Waals surface area contributed by atoms with Crippen molar-refractivity contribution < 1.29 is 9.52 Å². The van der Waals surface area contributed by atoms with Crippen LogP contribution in [0, 0.1) is 0 Å². The van der Waals surface area contributed by atoms with Crippen LogP contribution in [-0.4, -0.2) is 14.9 Å². The fourth-order valence-corrected chi connectivity index (χ4v) is 1.88. The normalized spacial score (nSPS) is 14.7. The monoisotopic (exact) mass is 268 g/mol. The van der Waals surface area contributed by atoms with Crippen molar-refractivity contribution in [1.82, 2.24) is 9.78 Å². The Balaban J connectivity index is 2.03. The molecular weight excluding hydrogens is 252 g/mol. The standard InChI is InChI=1S/C13H17ClN2O2/c1-3-9(2)16-7-6-10(15-16)8-11(17)12-4-5-13(14)18-12/h4-7,9,11,17H,3,8H2,1-2H3. The molecule has 0 saturated heterocycles. The highest BCUT2D eigenvalue weighted by Crippen LogP contribution is 2.22. The van der Waals surface area contributed by atoms with Gasteiger partial charge in [0.2, 0.25) is 0 Å². The van der Waals surface area contributed by atoms with Crippen LogP contribution < -0.4 is 0 Å². The number of hydrogen-bond acceptors (Lipinski definition) is 3. The highest BCUT2D eigenvalue weighted by molar-refractivity contribution is 6.28. The molecule has 0 radical (unpaired) electrons. The number of aliphatic hydroxyl groups excluding tert-OH is 1. The van der Waals surface area contributed by atoms with E-state index in [1.54, 1.807) is 12.1 Å². The number of nitrogens with zero attached hydrogens (tertiary/aromatic N) is 2. The molecule has 0 fully saturated rings. The zero-order chi connectivity index (χ0) is 13.1. The molecule has 0 saturated carbocycles. The summed E-state index contributed by atoms with van der Waals surface area (Å²) < 4.78 is 7.09. The maximum atomic E-state index is 9.99. The zero-order valence-corrected chi connectivity index (χ0v) is 11.3. The van der Waals surface area contributed by atoms with Crippen molar-refractivity contribution in [2.45, 2.75) is 38.8 Å². The van der Waals surface area contributed by atoms with Gasteiger partial charge < -0.3 is 9.52 Å². The van der Waals surface area contributed by atoms with Gasteiger partial charge in [-0.2, -0.15) is 5.10 Å². The highest BCUT2D eigenvalue weighted by Gasteiger charge is 2.15. The molecule has 2 rings (SSSR count). The first-order chi connectivity index (χ1) is 8.60. The molecule has 0 amide bonds. The third-order valence-electron chi connectivity index (χ3n) is 3.03. The van der Waals surface area contributed by atoms with Gasteiger partial charge in [0.15, 0.2) is 5.22 Å². The van der Waals surface area contributed by atoms with Crippen LogP contribution in [0.3, 0.4) is 0 Å². The molecule has 2 aromatic heterocycles. The van der Waals surface area contributed by atoms with E-state index in [1.165, 1.54) is 0 Å². The van der Waals surface area contributed by atoms with Crippen LogP contribution >= 0.6 is 11.6 Å². The van der Waals surface area contributed by atoms with E-state index < -0.39 is 6.10 Å². The molecule has 0 spiro atoms. The Morgan fingerprint density at radius 2 is 2.22 bits per heavy atom. The van der Waals surface area contributed by atoms with Gasteiger partial charge in [0.25, 0.3) is 0 Å². The number of hydrogen-bond donors (Lipinski definition) is 1. The lowest BCUT2D eigenvalue weighted by atomic mass is 10.1. The van der Waals surface area contributed by atoms with Crippen LogP contribution in [0.4, 0.5) is 0 Å². The minimum atomic E-state index is -0.710. The Morgan fingerprint density at radius 1 is 1.44 bits per heavy atom. The van der Waals surface area contributed by atoms with Crippen LogP contribution in [0.2, 0.25) is 5.22 Å². The summed E-state index contributed by atoms with van der Waals surface area (Å²) in [6.45, 7) is 4.23. The minimum absolute atomic E-state index is 0.286. The molecule has 0 aromatic carbocycles. The molecule has 98 valence electrons. The first-order valence-corrected chi connectivity index (χ1v) is 6.45. The van der Waals surface area contributed by atoms with Crippen molar-refractivity contribution in [3.8, 4) is 0 Å². The van der Waals surface area contributed by atoms with Crippen molar-refractivity contribution in [1.29, 1.82) is 0 Å². The average molecular weight is 269 g/mol. The van der Waals surface area contributed by atoms with E-state index in [1.807, 2.05) is 16.9 Å². The number of aromatic nitrogens is 2. The van der Waals surface area contributed by atoms with Gasteiger partial charge in [-0.1, -0.05) is 6.92 Å². The molecule has 5 heteroatoms. The molecule has 4 nitrogen and oxygen atoms in total. The summed E-state index contributed by atoms with van der Waals surface area (Å²) in [5, 5.41) is 14.7. The molecule has 0 aliphatic carbocycles. The first kappa shape index (κ1) is 13.2. The lowest BCUT2D eigenvalue weighted by molar-refractivity contribution is 0.149. The molecule has 2 aromatic rings. The fraction of sp³-hybridized carbons (Fsp3) is 0.462. The predicted octanol–water partition coefficient (Wildman–Crippen LogP) is 3.38. The van der Waals surface area contributed by atoms with Crippen molar-refractivity contribution in [3.05, 3.63) is 41.1 Å². The number of furan rings is 1. The number of halogens is 1. The first-order valence-electron chi connectivity index (χ1n) is 6.07. The summed E-state index contributed by atoms with van der Waals surface area (Å²) in [7, 11) is 0. The summed E-state index contributed by atoms with van der Waals surface area (Å²) in [4.78, 5) is 0. The maximum Gasteiger partial charge on any atom is 0.193 e. The van der Waals surface area contributed by atoms with Gasteiger partial charge in [-0.05, 0) is 43.1 Å². The van der Waals surface area contributed by atoms with Crippen LogP contribution in [0.5, 0.6) is 0 Å². The minimum Gasteiger partial charge on any atom is -0.447 e. The van der Waals surface area contributed by atoms with Crippen molar-refractivity contribution >= 4 is 11.6 Å². The van der Waals surface area contributed by atoms with E-state index in [0.717, 1.165) is 12.1 Å². The Bertz CT molecular complexity index is 507. The van der Waals surface area contributed by atoms with Gasteiger partial charge in [0, 0.05) is 18.7 Å². The summed E-state index contributed by atoms with van der Waals surface area (Å²) in [5.41, 5.74) is 0.843. The Kier molecular flexibility index (Phi) is 4.09. The summed E-state index contributed by atoms with van der Waals surface area (Å²) in [6.07, 6.45) is 2.67. The molecule has 1 N–H and O–H groups in total. The Hall–Kier alpha value is -1.26. The van der Waals surface area contributed by atoms with E-state index >= 15 is 0 Å². The predicted molar refractivity (Wildman–Crippen MR) is 69.6 cm³/mol. The van der Waals surface area contributed by atoms with Crippen LogP contribution in [-0.2, 0) is 6.42 Å². The molecule has 0 aliphatic heterocycles. The molecule has 0 bridgehead atoms. The molecule has 18 heavy (non-hydrogen) atoms. The van der Waals surface area contributed by atoms with Crippen molar-refractivity contribution in [3.63, 3.8) is 0 Å². The second kappa shape index (κ2) is 5.59. The number of aliphatic hydroxyl groups is 1. The topological polar surface area (TPSA) is 51.2 Å². The van der Waals surface area contributed by atoms with Gasteiger partial charge >= 0.3 is 0 Å². The van der Waals surface area contributed by atoms with Crippen molar-refractivity contribution in [2.24, 2.45) is 0 Å². The largest absolute Gasteiger partial charge is 0.447 e. The summed E-state index contributed by atoms with van der Waals surface area (Å²) in [6, 6.07) is 5.59. The molecule has 0 aliphatic rings. The molecule has 2 atom stereocenters. The van der Waals surface area contributed by atoms with Crippen molar-refractivity contribution in [2.75, 3.05) is 0 Å². The third-order valence-corrected chi connectivity index (χ3v) is 3.23. The average Bonchev–Trinajstić information content (AvgIpc) is 2.97. The van der Waals surface area contributed by atoms with Crippen LogP contribution in [0.1, 0.15) is 43.9 Å². The smallest absolute Gasteiger partial charge is 0.193 e. The Labute approximate surface area is 111 Å². The van der Waals surface area contributed by atoms with E-state index in [2.05, 4.69) is 18.9 Å². The lowest BCUT2D eigenvalue weighted by Gasteiger charge is -2.09. The number of rotatable bonds is 5. The van der Waals surface area contributed by atoms with E-state index in [0.29, 0.717) is 18.2 Å². The van der Waals surface area contributed by atoms with Crippen LogP contribution in [0.15, 0.2) is 28.8 Å². The van der Waals surface area contributed by atoms with Gasteiger partial charge in [0.05, 0.1) is 5.69 Å². The second-order valence-electron chi connectivity index (χ2n) is 4.41. The quantitative estimate of drug-likeness (QED) is 0.904. The van der Waals surface area contributed by atoms with Crippen LogP contribution in [0.25, 0.3) is 0 Å². The Morgan fingerprint density at radius 3 is 2.83 bits per heavy atom. The fourth-order valence-electron chi connectivity index (χ4n) is 1.72. The van der Waals surface area contributed by atoms with E-state index in [4.69, 9.17) is 16.0 Å². The van der Waals surface area contributed by atoms with E-state index in [-0.39, 0.29) is 5.22 Å². The maximum absolute atomic E-state index is 9.99. The highest BCUT2D eigenvalue weighted by atomic mass is 35.5. The lowest BCUT2D eigenvalue weighted by Crippen LogP contribution is -2.06. The van der Waals surface area contributed by atoms with Gasteiger partial charge in [0.1, 0.15) is 11.9 Å². The second-order valence-corrected chi connectivity index (χ2v) is 4.78. The van der Waals surface area contributed by atoms with Gasteiger partial charge in [-0.3, -0.25) is 4.68 Å². The van der Waals surface area contributed by atoms with E-state index in [9.17, 15) is 5.11 Å². The van der Waals surface area contributed by atoms with Gasteiger partial charge in [-0.15, -0.1) is 0 Å². The zero-order valence-electron chi connectivity index (χ0n) is 10.5.